The summed E-state index contributed by atoms with van der Waals surface area (Å²) in [5.74, 6) is 1.21. The molecule has 0 bridgehead atoms. The van der Waals surface area contributed by atoms with Crippen LogP contribution < -0.4 is 4.90 Å². The van der Waals surface area contributed by atoms with Gasteiger partial charge in [-0.15, -0.1) is 0 Å². The minimum absolute atomic E-state index is 0.0226. The van der Waals surface area contributed by atoms with Crippen molar-refractivity contribution in [3.8, 4) is 0 Å². The molecule has 4 rings (SSSR count). The van der Waals surface area contributed by atoms with Crippen molar-refractivity contribution in [1.82, 2.24) is 19.8 Å². The van der Waals surface area contributed by atoms with E-state index in [0.29, 0.717) is 37.1 Å². The van der Waals surface area contributed by atoms with Crippen LogP contribution in [0.25, 0.3) is 0 Å². The second-order valence-corrected chi connectivity index (χ2v) is 11.1. The average molecular weight is 448 g/mol. The molecule has 31 heavy (non-hydrogen) atoms. The van der Waals surface area contributed by atoms with Gasteiger partial charge in [-0.1, -0.05) is 12.2 Å². The molecule has 8 nitrogen and oxygen atoms in total. The summed E-state index contributed by atoms with van der Waals surface area (Å²) in [5, 5.41) is 0. The predicted octanol–water partition coefficient (Wildman–Crippen LogP) is 1.69. The first-order valence-corrected chi connectivity index (χ1v) is 13.2. The molecule has 2 fully saturated rings. The highest BCUT2D eigenvalue weighted by atomic mass is 32.2. The fourth-order valence-corrected chi connectivity index (χ4v) is 5.57. The highest BCUT2D eigenvalue weighted by molar-refractivity contribution is 7.90. The zero-order valence-corrected chi connectivity index (χ0v) is 19.4. The Labute approximate surface area is 185 Å². The lowest BCUT2D eigenvalue weighted by Gasteiger charge is -2.34. The van der Waals surface area contributed by atoms with Crippen LogP contribution in [0.2, 0.25) is 0 Å². The number of rotatable bonds is 5. The van der Waals surface area contributed by atoms with Gasteiger partial charge >= 0.3 is 0 Å². The second-order valence-electron chi connectivity index (χ2n) is 9.11. The number of piperidine rings is 1. The van der Waals surface area contributed by atoms with Crippen LogP contribution >= 0.6 is 0 Å². The minimum Gasteiger partial charge on any atom is -0.343 e. The van der Waals surface area contributed by atoms with Crippen molar-refractivity contribution in [1.29, 1.82) is 0 Å². The molecular weight excluding hydrogens is 414 g/mol. The third-order valence-corrected chi connectivity index (χ3v) is 7.85. The Morgan fingerprint density at radius 2 is 1.81 bits per heavy atom. The first-order chi connectivity index (χ1) is 14.8. The minimum atomic E-state index is -3.42. The summed E-state index contributed by atoms with van der Waals surface area (Å²) < 4.78 is 24.8. The molecule has 1 aromatic rings. The summed E-state index contributed by atoms with van der Waals surface area (Å²) in [5.41, 5.74) is 0.622. The van der Waals surface area contributed by atoms with E-state index < -0.39 is 9.84 Å². The normalized spacial score (nSPS) is 23.5. The SMILES string of the molecule is CN1CCN(c2ncc(S(C)(=O)=O)c(C3CCN(C(=O)CC4C=CCC4)CC3)n2)CC1. The van der Waals surface area contributed by atoms with Crippen molar-refractivity contribution in [2.24, 2.45) is 5.92 Å². The Balaban J connectivity index is 1.48. The molecule has 0 saturated carbocycles. The topological polar surface area (TPSA) is 86.7 Å². The van der Waals surface area contributed by atoms with Crippen molar-refractivity contribution in [3.05, 3.63) is 24.0 Å². The number of hydrogen-bond acceptors (Lipinski definition) is 7. The quantitative estimate of drug-likeness (QED) is 0.635. The van der Waals surface area contributed by atoms with Crippen LogP contribution in [-0.2, 0) is 14.6 Å². The molecule has 1 amide bonds. The van der Waals surface area contributed by atoms with Gasteiger partial charge in [0, 0.05) is 57.9 Å². The molecule has 1 unspecified atom stereocenters. The van der Waals surface area contributed by atoms with Gasteiger partial charge in [0.15, 0.2) is 9.84 Å². The lowest BCUT2D eigenvalue weighted by molar-refractivity contribution is -0.132. The number of carbonyl (C=O) groups is 1. The van der Waals surface area contributed by atoms with Gasteiger partial charge in [-0.2, -0.15) is 0 Å². The average Bonchev–Trinajstić information content (AvgIpc) is 3.26. The Kier molecular flexibility index (Phi) is 6.62. The third-order valence-electron chi connectivity index (χ3n) is 6.74. The van der Waals surface area contributed by atoms with E-state index >= 15 is 0 Å². The van der Waals surface area contributed by atoms with E-state index in [1.54, 1.807) is 0 Å². The molecule has 0 N–H and O–H groups in total. The number of amides is 1. The zero-order chi connectivity index (χ0) is 22.0. The standard InChI is InChI=1S/C22H33N5O3S/c1-25-11-13-27(14-12-25)22-23-16-19(31(2,29)30)21(24-22)18-7-9-26(10-8-18)20(28)15-17-5-3-4-6-17/h3,5,16-18H,4,6-15H2,1-2H3. The third kappa shape index (κ3) is 5.26. The van der Waals surface area contributed by atoms with Crippen molar-refractivity contribution < 1.29 is 13.2 Å². The highest BCUT2D eigenvalue weighted by Gasteiger charge is 2.30. The number of hydrogen-bond donors (Lipinski definition) is 0. The number of carbonyl (C=O) groups excluding carboxylic acids is 1. The molecule has 2 saturated heterocycles. The summed E-state index contributed by atoms with van der Waals surface area (Å²) in [7, 11) is -1.33. The molecule has 1 atom stereocenters. The first kappa shape index (κ1) is 22.2. The smallest absolute Gasteiger partial charge is 0.225 e. The fourth-order valence-electron chi connectivity index (χ4n) is 4.73. The van der Waals surface area contributed by atoms with E-state index in [-0.39, 0.29) is 16.7 Å². The van der Waals surface area contributed by atoms with Gasteiger partial charge in [-0.05, 0) is 38.6 Å². The summed E-state index contributed by atoms with van der Waals surface area (Å²) >= 11 is 0. The second kappa shape index (κ2) is 9.24. The zero-order valence-electron chi connectivity index (χ0n) is 18.5. The van der Waals surface area contributed by atoms with E-state index in [4.69, 9.17) is 4.98 Å². The van der Waals surface area contributed by atoms with Gasteiger partial charge in [0.1, 0.15) is 4.90 Å². The lowest BCUT2D eigenvalue weighted by atomic mass is 9.92. The van der Waals surface area contributed by atoms with Crippen molar-refractivity contribution in [2.75, 3.05) is 57.5 Å². The van der Waals surface area contributed by atoms with E-state index in [1.165, 1.54) is 12.5 Å². The molecule has 2 aliphatic heterocycles. The summed E-state index contributed by atoms with van der Waals surface area (Å²) in [6.07, 6.45) is 11.2. The summed E-state index contributed by atoms with van der Waals surface area (Å²) in [6.45, 7) is 4.83. The van der Waals surface area contributed by atoms with Gasteiger partial charge in [0.05, 0.1) is 11.9 Å². The van der Waals surface area contributed by atoms with Gasteiger partial charge < -0.3 is 14.7 Å². The van der Waals surface area contributed by atoms with Crippen LogP contribution in [0, 0.1) is 5.92 Å². The monoisotopic (exact) mass is 447 g/mol. The fraction of sp³-hybridized carbons (Fsp3) is 0.682. The maximum absolute atomic E-state index is 12.7. The van der Waals surface area contributed by atoms with Crippen LogP contribution in [0.15, 0.2) is 23.2 Å². The number of likely N-dealkylation sites (N-methyl/N-ethyl adjacent to an activating group) is 1. The van der Waals surface area contributed by atoms with E-state index in [2.05, 4.69) is 34.0 Å². The number of sulfone groups is 1. The molecule has 170 valence electrons. The molecule has 0 aromatic carbocycles. The van der Waals surface area contributed by atoms with Gasteiger partial charge in [0.25, 0.3) is 0 Å². The predicted molar refractivity (Wildman–Crippen MR) is 120 cm³/mol. The first-order valence-electron chi connectivity index (χ1n) is 11.3. The number of nitrogens with zero attached hydrogens (tertiary/aromatic N) is 5. The maximum atomic E-state index is 12.7. The lowest BCUT2D eigenvalue weighted by Crippen LogP contribution is -2.45. The van der Waals surface area contributed by atoms with E-state index in [1.807, 2.05) is 4.90 Å². The number of allylic oxidation sites excluding steroid dienone is 2. The van der Waals surface area contributed by atoms with Gasteiger partial charge in [-0.25, -0.2) is 18.4 Å². The number of piperazine rings is 1. The summed E-state index contributed by atoms with van der Waals surface area (Å²) in [4.78, 5) is 28.4. The van der Waals surface area contributed by atoms with E-state index in [9.17, 15) is 13.2 Å². The number of likely N-dealkylation sites (tertiary alicyclic amines) is 1. The largest absolute Gasteiger partial charge is 0.343 e. The molecule has 0 spiro atoms. The Bertz CT molecular complexity index is 932. The van der Waals surface area contributed by atoms with E-state index in [0.717, 1.165) is 51.9 Å². The molecule has 3 heterocycles. The molecule has 0 radical (unpaired) electrons. The Hall–Kier alpha value is -2.00. The van der Waals surface area contributed by atoms with Crippen LogP contribution in [0.3, 0.4) is 0 Å². The van der Waals surface area contributed by atoms with Crippen molar-refractivity contribution in [3.63, 3.8) is 0 Å². The molecular formula is C22H33N5O3S. The molecule has 1 aromatic heterocycles. The Morgan fingerprint density at radius 3 is 2.42 bits per heavy atom. The highest BCUT2D eigenvalue weighted by Crippen LogP contribution is 2.33. The van der Waals surface area contributed by atoms with Crippen LogP contribution in [-0.4, -0.2) is 86.7 Å². The Morgan fingerprint density at radius 1 is 1.10 bits per heavy atom. The molecule has 9 heteroatoms. The van der Waals surface area contributed by atoms with Crippen LogP contribution in [0.5, 0.6) is 0 Å². The molecule has 1 aliphatic carbocycles. The van der Waals surface area contributed by atoms with Gasteiger partial charge in [-0.3, -0.25) is 4.79 Å². The maximum Gasteiger partial charge on any atom is 0.225 e. The number of anilines is 1. The van der Waals surface area contributed by atoms with Crippen LogP contribution in [0.4, 0.5) is 5.95 Å². The van der Waals surface area contributed by atoms with Crippen LogP contribution in [0.1, 0.15) is 43.7 Å². The molecule has 3 aliphatic rings. The van der Waals surface area contributed by atoms with Crippen molar-refractivity contribution in [2.45, 2.75) is 42.9 Å². The number of aromatic nitrogens is 2. The van der Waals surface area contributed by atoms with Crippen molar-refractivity contribution >= 4 is 21.7 Å². The van der Waals surface area contributed by atoms with Gasteiger partial charge in [0.2, 0.25) is 11.9 Å². The summed E-state index contributed by atoms with van der Waals surface area (Å²) in [6, 6.07) is 0.